The molecule has 0 atom stereocenters. The highest BCUT2D eigenvalue weighted by atomic mass is 16.2. The predicted molar refractivity (Wildman–Crippen MR) is 104 cm³/mol. The Morgan fingerprint density at radius 1 is 1.07 bits per heavy atom. The van der Waals surface area contributed by atoms with E-state index in [4.69, 9.17) is 0 Å². The molecule has 0 radical (unpaired) electrons. The molecule has 1 saturated heterocycles. The normalized spacial score (nSPS) is 13.2. The van der Waals surface area contributed by atoms with Crippen LogP contribution in [0.3, 0.4) is 0 Å². The van der Waals surface area contributed by atoms with E-state index in [-0.39, 0.29) is 19.0 Å². The van der Waals surface area contributed by atoms with Crippen LogP contribution in [0.4, 0.5) is 16.2 Å². The van der Waals surface area contributed by atoms with Gasteiger partial charge in [0.25, 0.3) is 11.8 Å². The summed E-state index contributed by atoms with van der Waals surface area (Å²) in [6, 6.07) is 13.4. The monoisotopic (exact) mass is 380 g/mol. The van der Waals surface area contributed by atoms with Crippen molar-refractivity contribution in [1.82, 2.24) is 10.2 Å². The van der Waals surface area contributed by atoms with Crippen LogP contribution in [0.25, 0.3) is 0 Å². The first-order chi connectivity index (χ1) is 13.5. The van der Waals surface area contributed by atoms with Crippen molar-refractivity contribution in [2.24, 2.45) is 0 Å². The number of aryl methyl sites for hydroxylation is 1. The van der Waals surface area contributed by atoms with Gasteiger partial charge in [0.1, 0.15) is 6.54 Å². The van der Waals surface area contributed by atoms with Crippen molar-refractivity contribution in [3.8, 4) is 0 Å². The standard InChI is InChI=1S/C20H20N4O4/c1-2-13-6-3-4-9-16(13)23-19(27)14-7-5-8-15(10-14)22-17(25)12-24-18(26)11-21-20(24)28/h3-10H,2,11-12H2,1H3,(H,21,28)(H,22,25)(H,23,27). The molecule has 3 N–H and O–H groups in total. The highest BCUT2D eigenvalue weighted by Crippen LogP contribution is 2.18. The molecule has 3 rings (SSSR count). The van der Waals surface area contributed by atoms with E-state index in [1.165, 1.54) is 6.07 Å². The van der Waals surface area contributed by atoms with Gasteiger partial charge >= 0.3 is 6.03 Å². The third-order valence-electron chi connectivity index (χ3n) is 4.29. The average Bonchev–Trinajstić information content (AvgIpc) is 3.00. The molecule has 0 spiro atoms. The zero-order valence-electron chi connectivity index (χ0n) is 15.3. The number of para-hydroxylation sites is 1. The number of imide groups is 1. The van der Waals surface area contributed by atoms with E-state index in [0.717, 1.165) is 22.6 Å². The van der Waals surface area contributed by atoms with Crippen LogP contribution in [0.1, 0.15) is 22.8 Å². The van der Waals surface area contributed by atoms with Crippen molar-refractivity contribution < 1.29 is 19.2 Å². The SMILES string of the molecule is CCc1ccccc1NC(=O)c1cccc(NC(=O)CN2C(=O)CNC2=O)c1. The first kappa shape index (κ1) is 19.1. The van der Waals surface area contributed by atoms with E-state index >= 15 is 0 Å². The largest absolute Gasteiger partial charge is 0.329 e. The van der Waals surface area contributed by atoms with Crippen molar-refractivity contribution in [3.63, 3.8) is 0 Å². The Morgan fingerprint density at radius 2 is 1.86 bits per heavy atom. The number of hydrogen-bond donors (Lipinski definition) is 3. The number of carbonyl (C=O) groups is 4. The van der Waals surface area contributed by atoms with Crippen LogP contribution >= 0.6 is 0 Å². The summed E-state index contributed by atoms with van der Waals surface area (Å²) < 4.78 is 0. The number of nitrogens with one attached hydrogen (secondary N) is 3. The molecule has 1 aliphatic heterocycles. The van der Waals surface area contributed by atoms with Gasteiger partial charge < -0.3 is 16.0 Å². The van der Waals surface area contributed by atoms with Crippen molar-refractivity contribution in [2.45, 2.75) is 13.3 Å². The molecule has 144 valence electrons. The number of amides is 5. The minimum absolute atomic E-state index is 0.110. The first-order valence-electron chi connectivity index (χ1n) is 8.85. The third kappa shape index (κ3) is 4.35. The van der Waals surface area contributed by atoms with Gasteiger partial charge in [-0.3, -0.25) is 19.3 Å². The maximum absolute atomic E-state index is 12.6. The summed E-state index contributed by atoms with van der Waals surface area (Å²) in [5, 5.41) is 7.82. The zero-order valence-corrected chi connectivity index (χ0v) is 15.3. The van der Waals surface area contributed by atoms with E-state index in [0.29, 0.717) is 11.3 Å². The molecule has 1 fully saturated rings. The Balaban J connectivity index is 1.66. The van der Waals surface area contributed by atoms with Crippen LogP contribution in [-0.4, -0.2) is 41.7 Å². The molecule has 28 heavy (non-hydrogen) atoms. The van der Waals surface area contributed by atoms with E-state index in [2.05, 4.69) is 16.0 Å². The highest BCUT2D eigenvalue weighted by Gasteiger charge is 2.30. The molecule has 0 unspecified atom stereocenters. The molecule has 2 aromatic carbocycles. The Hall–Kier alpha value is -3.68. The van der Waals surface area contributed by atoms with E-state index < -0.39 is 17.8 Å². The number of anilines is 2. The summed E-state index contributed by atoms with van der Waals surface area (Å²) in [7, 11) is 0. The molecular weight excluding hydrogens is 360 g/mol. The molecule has 0 saturated carbocycles. The quantitative estimate of drug-likeness (QED) is 0.666. The fraction of sp³-hybridized carbons (Fsp3) is 0.200. The van der Waals surface area contributed by atoms with Crippen LogP contribution in [0.15, 0.2) is 48.5 Å². The Labute approximate surface area is 161 Å². The van der Waals surface area contributed by atoms with Crippen LogP contribution in [0.5, 0.6) is 0 Å². The number of benzene rings is 2. The molecule has 8 nitrogen and oxygen atoms in total. The summed E-state index contributed by atoms with van der Waals surface area (Å²) >= 11 is 0. The van der Waals surface area contributed by atoms with Gasteiger partial charge in [0.2, 0.25) is 5.91 Å². The summed E-state index contributed by atoms with van der Waals surface area (Å²) in [5.41, 5.74) is 2.53. The summed E-state index contributed by atoms with van der Waals surface area (Å²) in [5.74, 6) is -1.28. The Kier molecular flexibility index (Phi) is 5.69. The summed E-state index contributed by atoms with van der Waals surface area (Å²) in [6.45, 7) is 1.51. The fourth-order valence-electron chi connectivity index (χ4n) is 2.84. The van der Waals surface area contributed by atoms with Crippen molar-refractivity contribution in [1.29, 1.82) is 0 Å². The number of nitrogens with zero attached hydrogens (tertiary/aromatic N) is 1. The lowest BCUT2D eigenvalue weighted by molar-refractivity contribution is -0.128. The van der Waals surface area contributed by atoms with Gasteiger partial charge in [-0.05, 0) is 36.2 Å². The van der Waals surface area contributed by atoms with Crippen molar-refractivity contribution in [3.05, 3.63) is 59.7 Å². The van der Waals surface area contributed by atoms with E-state index in [9.17, 15) is 19.2 Å². The van der Waals surface area contributed by atoms with E-state index in [1.807, 2.05) is 31.2 Å². The summed E-state index contributed by atoms with van der Waals surface area (Å²) in [4.78, 5) is 48.6. The van der Waals surface area contributed by atoms with Gasteiger partial charge in [0.05, 0.1) is 6.54 Å². The van der Waals surface area contributed by atoms with Gasteiger partial charge in [-0.1, -0.05) is 31.2 Å². The number of rotatable bonds is 6. The number of urea groups is 1. The molecule has 1 aliphatic rings. The van der Waals surface area contributed by atoms with Gasteiger partial charge in [-0.2, -0.15) is 0 Å². The van der Waals surface area contributed by atoms with Crippen LogP contribution in [-0.2, 0) is 16.0 Å². The lowest BCUT2D eigenvalue weighted by Crippen LogP contribution is -2.38. The fourth-order valence-corrected chi connectivity index (χ4v) is 2.84. The molecule has 1 heterocycles. The number of hydrogen-bond acceptors (Lipinski definition) is 4. The topological polar surface area (TPSA) is 108 Å². The van der Waals surface area contributed by atoms with Gasteiger partial charge in [0, 0.05) is 16.9 Å². The lowest BCUT2D eigenvalue weighted by atomic mass is 10.1. The predicted octanol–water partition coefficient (Wildman–Crippen LogP) is 1.99. The maximum Gasteiger partial charge on any atom is 0.325 e. The molecule has 0 aromatic heterocycles. The highest BCUT2D eigenvalue weighted by molar-refractivity contribution is 6.07. The lowest BCUT2D eigenvalue weighted by Gasteiger charge is -2.13. The molecule has 0 bridgehead atoms. The average molecular weight is 380 g/mol. The molecule has 8 heteroatoms. The Morgan fingerprint density at radius 3 is 2.57 bits per heavy atom. The minimum Gasteiger partial charge on any atom is -0.329 e. The second-order valence-corrected chi connectivity index (χ2v) is 6.23. The van der Waals surface area contributed by atoms with Gasteiger partial charge in [-0.15, -0.1) is 0 Å². The van der Waals surface area contributed by atoms with Crippen molar-refractivity contribution in [2.75, 3.05) is 23.7 Å². The Bertz CT molecular complexity index is 925. The van der Waals surface area contributed by atoms with Crippen LogP contribution in [0, 0.1) is 0 Å². The second-order valence-electron chi connectivity index (χ2n) is 6.23. The first-order valence-corrected chi connectivity index (χ1v) is 8.85. The molecular formula is C20H20N4O4. The summed E-state index contributed by atoms with van der Waals surface area (Å²) in [6.07, 6.45) is 0.787. The molecule has 5 amide bonds. The maximum atomic E-state index is 12.6. The molecule has 0 aliphatic carbocycles. The number of carbonyl (C=O) groups excluding carboxylic acids is 4. The smallest absolute Gasteiger partial charge is 0.325 e. The second kappa shape index (κ2) is 8.34. The third-order valence-corrected chi connectivity index (χ3v) is 4.29. The zero-order chi connectivity index (χ0) is 20.1. The van der Waals surface area contributed by atoms with Gasteiger partial charge in [-0.25, -0.2) is 4.79 Å². The molecule has 2 aromatic rings. The van der Waals surface area contributed by atoms with Crippen LogP contribution < -0.4 is 16.0 Å². The van der Waals surface area contributed by atoms with Gasteiger partial charge in [0.15, 0.2) is 0 Å². The van der Waals surface area contributed by atoms with Crippen LogP contribution in [0.2, 0.25) is 0 Å². The van der Waals surface area contributed by atoms with Crippen molar-refractivity contribution >= 4 is 35.1 Å². The minimum atomic E-state index is -0.595. The van der Waals surface area contributed by atoms with E-state index in [1.54, 1.807) is 18.2 Å².